The van der Waals surface area contributed by atoms with Gasteiger partial charge in [-0.1, -0.05) is 18.2 Å². The number of aromatic nitrogens is 2. The van der Waals surface area contributed by atoms with Crippen LogP contribution in [0.25, 0.3) is 11.5 Å². The van der Waals surface area contributed by atoms with Gasteiger partial charge in [-0.05, 0) is 31.2 Å². The van der Waals surface area contributed by atoms with E-state index in [0.29, 0.717) is 29.4 Å². The van der Waals surface area contributed by atoms with E-state index in [0.717, 1.165) is 5.69 Å². The maximum Gasteiger partial charge on any atom is 0.222 e. The summed E-state index contributed by atoms with van der Waals surface area (Å²) in [6.07, 6.45) is 1.53. The molecule has 2 heterocycles. The van der Waals surface area contributed by atoms with Crippen molar-refractivity contribution in [2.75, 3.05) is 17.2 Å². The summed E-state index contributed by atoms with van der Waals surface area (Å²) >= 11 is 0. The molecule has 114 valence electrons. The lowest BCUT2D eigenvalue weighted by molar-refractivity contribution is 0.579. The van der Waals surface area contributed by atoms with E-state index in [1.54, 1.807) is 12.1 Å². The molecule has 1 aromatic carbocycles. The Morgan fingerprint density at radius 2 is 1.96 bits per heavy atom. The monoisotopic (exact) mass is 305 g/mol. The first kappa shape index (κ1) is 14.6. The largest absolute Gasteiger partial charge is 0.463 e. The molecule has 0 saturated carbocycles. The Hall–Kier alpha value is -3.33. The third kappa shape index (κ3) is 2.72. The van der Waals surface area contributed by atoms with Gasteiger partial charge in [0.15, 0.2) is 11.6 Å². The van der Waals surface area contributed by atoms with E-state index < -0.39 is 0 Å². The van der Waals surface area contributed by atoms with Gasteiger partial charge in [0.25, 0.3) is 0 Å². The topological polar surface area (TPSA) is 92.0 Å². The van der Waals surface area contributed by atoms with Crippen LogP contribution < -0.4 is 10.6 Å². The van der Waals surface area contributed by atoms with Crippen LogP contribution in [-0.4, -0.2) is 16.5 Å². The molecule has 2 aromatic heterocycles. The predicted molar refractivity (Wildman–Crippen MR) is 88.0 cm³/mol. The maximum absolute atomic E-state index is 9.64. The van der Waals surface area contributed by atoms with Crippen molar-refractivity contribution in [2.45, 2.75) is 6.92 Å². The number of nitrogens with zero attached hydrogens (tertiary/aromatic N) is 4. The molecule has 0 saturated heterocycles. The van der Waals surface area contributed by atoms with Gasteiger partial charge >= 0.3 is 0 Å². The van der Waals surface area contributed by atoms with E-state index in [4.69, 9.17) is 10.2 Å². The Morgan fingerprint density at radius 1 is 1.17 bits per heavy atom. The van der Waals surface area contributed by atoms with Crippen molar-refractivity contribution < 1.29 is 4.42 Å². The molecule has 0 unspecified atom stereocenters. The van der Waals surface area contributed by atoms with Crippen LogP contribution in [0.5, 0.6) is 0 Å². The van der Waals surface area contributed by atoms with Gasteiger partial charge in [-0.2, -0.15) is 10.2 Å². The molecule has 6 nitrogen and oxygen atoms in total. The molecule has 0 radical (unpaired) electrons. The third-order valence-electron chi connectivity index (χ3n) is 3.41. The number of nitriles is 1. The lowest BCUT2D eigenvalue weighted by Crippen LogP contribution is -2.20. The van der Waals surface area contributed by atoms with Crippen molar-refractivity contribution in [1.29, 1.82) is 5.26 Å². The summed E-state index contributed by atoms with van der Waals surface area (Å²) in [6, 6.07) is 15.4. The first-order valence-electron chi connectivity index (χ1n) is 7.18. The second kappa shape index (κ2) is 6.20. The number of hydrogen-bond acceptors (Lipinski definition) is 6. The number of furan rings is 1. The first-order chi connectivity index (χ1) is 11.2. The number of para-hydroxylation sites is 1. The highest BCUT2D eigenvalue weighted by atomic mass is 16.3. The van der Waals surface area contributed by atoms with Gasteiger partial charge in [-0.25, -0.2) is 4.98 Å². The summed E-state index contributed by atoms with van der Waals surface area (Å²) in [5.41, 5.74) is 7.52. The molecule has 23 heavy (non-hydrogen) atoms. The molecule has 3 rings (SSSR count). The van der Waals surface area contributed by atoms with Crippen LogP contribution in [0, 0.1) is 11.3 Å². The van der Waals surface area contributed by atoms with Crippen LogP contribution >= 0.6 is 0 Å². The summed E-state index contributed by atoms with van der Waals surface area (Å²) in [5, 5.41) is 9.64. The fraction of sp³-hybridized carbons (Fsp3) is 0.118. The highest BCUT2D eigenvalue weighted by molar-refractivity contribution is 5.75. The van der Waals surface area contributed by atoms with Crippen molar-refractivity contribution in [2.24, 2.45) is 0 Å². The van der Waals surface area contributed by atoms with Gasteiger partial charge in [0.05, 0.1) is 6.26 Å². The Kier molecular flexibility index (Phi) is 3.93. The summed E-state index contributed by atoms with van der Waals surface area (Å²) in [6.45, 7) is 2.62. The normalized spacial score (nSPS) is 10.3. The average molecular weight is 305 g/mol. The van der Waals surface area contributed by atoms with Gasteiger partial charge < -0.3 is 15.1 Å². The molecule has 0 fully saturated rings. The minimum Gasteiger partial charge on any atom is -0.463 e. The number of nitrogens with two attached hydrogens (primary N) is 1. The van der Waals surface area contributed by atoms with Crippen molar-refractivity contribution in [3.63, 3.8) is 0 Å². The fourth-order valence-electron chi connectivity index (χ4n) is 2.42. The zero-order valence-corrected chi connectivity index (χ0v) is 12.6. The minimum atomic E-state index is 0.0970. The summed E-state index contributed by atoms with van der Waals surface area (Å²) < 4.78 is 5.38. The molecular weight excluding hydrogens is 290 g/mol. The van der Waals surface area contributed by atoms with Crippen LogP contribution in [0.15, 0.2) is 53.1 Å². The first-order valence-corrected chi connectivity index (χ1v) is 7.18. The lowest BCUT2D eigenvalue weighted by atomic mass is 10.1. The number of anilines is 3. The average Bonchev–Trinajstić information content (AvgIpc) is 3.10. The molecule has 0 aliphatic carbocycles. The van der Waals surface area contributed by atoms with Crippen molar-refractivity contribution in [3.05, 3.63) is 54.3 Å². The molecule has 0 atom stereocenters. The van der Waals surface area contributed by atoms with Gasteiger partial charge in [0, 0.05) is 12.2 Å². The number of benzene rings is 1. The summed E-state index contributed by atoms with van der Waals surface area (Å²) in [4.78, 5) is 10.4. The van der Waals surface area contributed by atoms with Gasteiger partial charge in [-0.3, -0.25) is 0 Å². The van der Waals surface area contributed by atoms with E-state index in [2.05, 4.69) is 16.0 Å². The van der Waals surface area contributed by atoms with Crippen molar-refractivity contribution >= 4 is 17.5 Å². The molecule has 3 aromatic rings. The second-order valence-electron chi connectivity index (χ2n) is 4.80. The standard InChI is InChI=1S/C17H15N5O/c1-2-22(12-7-4-3-5-8-12)16-13(11-18)15(20-17(19)21-16)14-9-6-10-23-14/h3-10H,2H2,1H3,(H2,19,20,21). The van der Waals surface area contributed by atoms with Crippen LogP contribution in [0.1, 0.15) is 12.5 Å². The molecular formula is C17H15N5O. The van der Waals surface area contributed by atoms with Gasteiger partial charge in [0.2, 0.25) is 5.95 Å². The Bertz CT molecular complexity index is 837. The van der Waals surface area contributed by atoms with Crippen LogP contribution in [0.2, 0.25) is 0 Å². The van der Waals surface area contributed by atoms with E-state index >= 15 is 0 Å². The molecule has 0 amide bonds. The van der Waals surface area contributed by atoms with E-state index in [9.17, 15) is 5.26 Å². The van der Waals surface area contributed by atoms with Gasteiger partial charge in [-0.15, -0.1) is 0 Å². The zero-order chi connectivity index (χ0) is 16.2. The van der Waals surface area contributed by atoms with Crippen LogP contribution in [0.3, 0.4) is 0 Å². The number of hydrogen-bond donors (Lipinski definition) is 1. The van der Waals surface area contributed by atoms with E-state index in [1.165, 1.54) is 6.26 Å². The molecule has 0 spiro atoms. The van der Waals surface area contributed by atoms with E-state index in [-0.39, 0.29) is 5.95 Å². The molecule has 6 heteroatoms. The Labute approximate surface area is 133 Å². The van der Waals surface area contributed by atoms with E-state index in [1.807, 2.05) is 42.2 Å². The van der Waals surface area contributed by atoms with Crippen LogP contribution in [0.4, 0.5) is 17.5 Å². The zero-order valence-electron chi connectivity index (χ0n) is 12.6. The van der Waals surface area contributed by atoms with Crippen molar-refractivity contribution in [3.8, 4) is 17.5 Å². The maximum atomic E-state index is 9.64. The van der Waals surface area contributed by atoms with Crippen molar-refractivity contribution in [1.82, 2.24) is 9.97 Å². The Morgan fingerprint density at radius 3 is 2.57 bits per heavy atom. The fourth-order valence-corrected chi connectivity index (χ4v) is 2.42. The predicted octanol–water partition coefficient (Wildman–Crippen LogP) is 3.35. The summed E-state index contributed by atoms with van der Waals surface area (Å²) in [7, 11) is 0. The van der Waals surface area contributed by atoms with Gasteiger partial charge in [0.1, 0.15) is 17.3 Å². The molecule has 0 aliphatic heterocycles. The highest BCUT2D eigenvalue weighted by Crippen LogP contribution is 2.32. The number of rotatable bonds is 4. The molecule has 2 N–H and O–H groups in total. The second-order valence-corrected chi connectivity index (χ2v) is 4.80. The van der Waals surface area contributed by atoms with Crippen LogP contribution in [-0.2, 0) is 0 Å². The SMILES string of the molecule is CCN(c1ccccc1)c1nc(N)nc(-c2ccco2)c1C#N. The summed E-state index contributed by atoms with van der Waals surface area (Å²) in [5.74, 6) is 1.06. The highest BCUT2D eigenvalue weighted by Gasteiger charge is 2.21. The lowest BCUT2D eigenvalue weighted by Gasteiger charge is -2.23. The smallest absolute Gasteiger partial charge is 0.222 e. The quantitative estimate of drug-likeness (QED) is 0.794. The number of nitrogen functional groups attached to an aromatic ring is 1. The molecule has 0 aliphatic rings. The minimum absolute atomic E-state index is 0.0970. The Balaban J connectivity index is 2.21. The third-order valence-corrected chi connectivity index (χ3v) is 3.41. The molecule has 0 bridgehead atoms.